The molecule has 17 heavy (non-hydrogen) atoms. The number of rotatable bonds is 1. The highest BCUT2D eigenvalue weighted by Crippen LogP contribution is 2.34. The molecule has 2 aromatic rings. The van der Waals surface area contributed by atoms with Gasteiger partial charge < -0.3 is 10.3 Å². The van der Waals surface area contributed by atoms with Gasteiger partial charge >= 0.3 is 0 Å². The van der Waals surface area contributed by atoms with E-state index < -0.39 is 0 Å². The predicted molar refractivity (Wildman–Crippen MR) is 69.6 cm³/mol. The molecule has 0 aromatic carbocycles. The molecule has 5 nitrogen and oxygen atoms in total. The fourth-order valence-corrected chi connectivity index (χ4v) is 2.87. The Morgan fingerprint density at radius 2 is 2.24 bits per heavy atom. The minimum Gasteiger partial charge on any atom is -0.382 e. The first-order chi connectivity index (χ1) is 8.27. The van der Waals surface area contributed by atoms with Crippen molar-refractivity contribution in [3.05, 3.63) is 23.2 Å². The molecule has 0 spiro atoms. The predicted octanol–water partition coefficient (Wildman–Crippen LogP) is 2.41. The molecule has 88 valence electrons. The van der Waals surface area contributed by atoms with Gasteiger partial charge in [0.25, 0.3) is 0 Å². The molecular formula is C11H12BrN5. The molecule has 1 atom stereocenters. The molecule has 0 fully saturated rings. The summed E-state index contributed by atoms with van der Waals surface area (Å²) in [6, 6.07) is 0.281. The van der Waals surface area contributed by atoms with E-state index in [1.165, 1.54) is 17.2 Å². The maximum absolute atomic E-state index is 5.78. The van der Waals surface area contributed by atoms with Gasteiger partial charge in [0.05, 0.1) is 12.4 Å². The summed E-state index contributed by atoms with van der Waals surface area (Å²) in [6.45, 7) is 0. The first kappa shape index (κ1) is 10.7. The second kappa shape index (κ2) is 4.10. The highest BCUT2D eigenvalue weighted by atomic mass is 79.9. The number of nitrogen functional groups attached to an aromatic ring is 1. The van der Waals surface area contributed by atoms with Crippen molar-refractivity contribution < 1.29 is 0 Å². The highest BCUT2D eigenvalue weighted by molar-refractivity contribution is 9.11. The highest BCUT2D eigenvalue weighted by Gasteiger charge is 2.20. The van der Waals surface area contributed by atoms with Gasteiger partial charge in [-0.1, -0.05) is 22.0 Å². The molecule has 0 aliphatic heterocycles. The molecule has 1 unspecified atom stereocenters. The molecule has 1 aliphatic rings. The fourth-order valence-electron chi connectivity index (χ4n) is 2.20. The summed E-state index contributed by atoms with van der Waals surface area (Å²) in [6.07, 6.45) is 8.88. The Kier molecular flexibility index (Phi) is 2.58. The van der Waals surface area contributed by atoms with Gasteiger partial charge in [-0.2, -0.15) is 0 Å². The van der Waals surface area contributed by atoms with Crippen LogP contribution in [0.15, 0.2) is 23.2 Å². The second-order valence-corrected chi connectivity index (χ2v) is 5.03. The van der Waals surface area contributed by atoms with E-state index in [1.807, 2.05) is 0 Å². The third-order valence-electron chi connectivity index (χ3n) is 3.06. The largest absolute Gasteiger partial charge is 0.382 e. The van der Waals surface area contributed by atoms with E-state index in [0.717, 1.165) is 18.5 Å². The van der Waals surface area contributed by atoms with Gasteiger partial charge in [-0.15, -0.1) is 0 Å². The van der Waals surface area contributed by atoms with Crippen molar-refractivity contribution in [3.63, 3.8) is 0 Å². The number of nitrogens with two attached hydrogens (primary N) is 1. The van der Waals surface area contributed by atoms with Crippen molar-refractivity contribution in [1.82, 2.24) is 19.5 Å². The number of imidazole rings is 1. The monoisotopic (exact) mass is 293 g/mol. The maximum atomic E-state index is 5.78. The first-order valence-corrected chi connectivity index (χ1v) is 6.35. The first-order valence-electron chi connectivity index (χ1n) is 5.56. The summed E-state index contributed by atoms with van der Waals surface area (Å²) in [5.41, 5.74) is 7.26. The lowest BCUT2D eigenvalue weighted by Crippen LogP contribution is -2.11. The van der Waals surface area contributed by atoms with Crippen molar-refractivity contribution in [3.8, 4) is 0 Å². The fraction of sp³-hybridized carbons (Fsp3) is 0.364. The van der Waals surface area contributed by atoms with E-state index in [9.17, 15) is 0 Å². The van der Waals surface area contributed by atoms with Gasteiger partial charge in [-0.3, -0.25) is 0 Å². The topological polar surface area (TPSA) is 69.6 Å². The SMILES string of the molecule is Nc1ncnc2c1ncn2C1CCCC=C1Br. The summed E-state index contributed by atoms with van der Waals surface area (Å²) in [4.78, 5) is 12.5. The number of hydrogen-bond donors (Lipinski definition) is 1. The van der Waals surface area contributed by atoms with Crippen molar-refractivity contribution in [2.75, 3.05) is 5.73 Å². The van der Waals surface area contributed by atoms with Crippen molar-refractivity contribution in [2.24, 2.45) is 0 Å². The van der Waals surface area contributed by atoms with Crippen LogP contribution in [0.2, 0.25) is 0 Å². The molecule has 0 saturated heterocycles. The molecule has 2 aromatic heterocycles. The maximum Gasteiger partial charge on any atom is 0.166 e. The summed E-state index contributed by atoms with van der Waals surface area (Å²) >= 11 is 3.62. The van der Waals surface area contributed by atoms with Gasteiger partial charge in [0.1, 0.15) is 11.8 Å². The molecule has 2 heterocycles. The molecule has 0 saturated carbocycles. The number of fused-ring (bicyclic) bond motifs is 1. The van der Waals surface area contributed by atoms with Crippen LogP contribution in [-0.2, 0) is 0 Å². The van der Waals surface area contributed by atoms with E-state index in [4.69, 9.17) is 5.73 Å². The summed E-state index contributed by atoms with van der Waals surface area (Å²) in [7, 11) is 0. The molecule has 0 radical (unpaired) electrons. The Bertz CT molecular complexity index is 589. The van der Waals surface area contributed by atoms with Gasteiger partial charge in [0.2, 0.25) is 0 Å². The lowest BCUT2D eigenvalue weighted by atomic mass is 10.0. The Balaban J connectivity index is 2.15. The molecule has 6 heteroatoms. The van der Waals surface area contributed by atoms with Gasteiger partial charge in [0.15, 0.2) is 11.5 Å². The van der Waals surface area contributed by atoms with Crippen molar-refractivity contribution in [1.29, 1.82) is 0 Å². The van der Waals surface area contributed by atoms with E-state index >= 15 is 0 Å². The van der Waals surface area contributed by atoms with Gasteiger partial charge in [0, 0.05) is 4.48 Å². The molecule has 0 bridgehead atoms. The van der Waals surface area contributed by atoms with Crippen LogP contribution in [0.25, 0.3) is 11.2 Å². The third-order valence-corrected chi connectivity index (χ3v) is 3.91. The Labute approximate surface area is 107 Å². The average molecular weight is 294 g/mol. The standard InChI is InChI=1S/C11H12BrN5/c12-7-3-1-2-4-8(7)17-6-16-9-10(13)14-5-15-11(9)17/h3,5-6,8H,1-2,4H2,(H2,13,14,15). The number of aromatic nitrogens is 4. The van der Waals surface area contributed by atoms with Gasteiger partial charge in [-0.05, 0) is 19.3 Å². The van der Waals surface area contributed by atoms with E-state index in [1.54, 1.807) is 6.33 Å². The molecule has 2 N–H and O–H groups in total. The smallest absolute Gasteiger partial charge is 0.166 e. The van der Waals surface area contributed by atoms with E-state index in [-0.39, 0.29) is 6.04 Å². The van der Waals surface area contributed by atoms with Crippen LogP contribution >= 0.6 is 15.9 Å². The minimum absolute atomic E-state index is 0.281. The summed E-state index contributed by atoms with van der Waals surface area (Å²) < 4.78 is 3.26. The minimum atomic E-state index is 0.281. The third kappa shape index (κ3) is 1.72. The molecule has 0 amide bonds. The van der Waals surface area contributed by atoms with Crippen molar-refractivity contribution in [2.45, 2.75) is 25.3 Å². The number of allylic oxidation sites excluding steroid dienone is 2. The van der Waals surface area contributed by atoms with Crippen molar-refractivity contribution >= 4 is 32.9 Å². The molecular weight excluding hydrogens is 282 g/mol. The van der Waals surface area contributed by atoms with Crippen LogP contribution < -0.4 is 5.73 Å². The second-order valence-electron chi connectivity index (χ2n) is 4.12. The summed E-state index contributed by atoms with van der Waals surface area (Å²) in [5.74, 6) is 0.435. The van der Waals surface area contributed by atoms with Crippen LogP contribution in [-0.4, -0.2) is 19.5 Å². The normalized spacial score (nSPS) is 20.5. The van der Waals surface area contributed by atoms with E-state index in [2.05, 4.69) is 41.5 Å². The van der Waals surface area contributed by atoms with Crippen LogP contribution in [0.4, 0.5) is 5.82 Å². The lowest BCUT2D eigenvalue weighted by Gasteiger charge is -2.22. The lowest BCUT2D eigenvalue weighted by molar-refractivity contribution is 0.520. The molecule has 3 rings (SSSR count). The Morgan fingerprint density at radius 1 is 1.35 bits per heavy atom. The number of nitrogens with zero attached hydrogens (tertiary/aromatic N) is 4. The van der Waals surface area contributed by atoms with E-state index in [0.29, 0.717) is 11.3 Å². The number of anilines is 1. The number of halogens is 1. The zero-order chi connectivity index (χ0) is 11.8. The van der Waals surface area contributed by atoms with Crippen LogP contribution in [0.3, 0.4) is 0 Å². The number of hydrogen-bond acceptors (Lipinski definition) is 4. The zero-order valence-electron chi connectivity index (χ0n) is 9.17. The average Bonchev–Trinajstić information content (AvgIpc) is 2.75. The quantitative estimate of drug-likeness (QED) is 0.877. The van der Waals surface area contributed by atoms with Crippen LogP contribution in [0.1, 0.15) is 25.3 Å². The van der Waals surface area contributed by atoms with Crippen LogP contribution in [0.5, 0.6) is 0 Å². The zero-order valence-corrected chi connectivity index (χ0v) is 10.8. The Morgan fingerprint density at radius 3 is 3.06 bits per heavy atom. The summed E-state index contributed by atoms with van der Waals surface area (Å²) in [5, 5.41) is 0. The van der Waals surface area contributed by atoms with Crippen LogP contribution in [0, 0.1) is 0 Å². The molecule has 1 aliphatic carbocycles. The Hall–Kier alpha value is -1.43. The van der Waals surface area contributed by atoms with Gasteiger partial charge in [-0.25, -0.2) is 15.0 Å².